The van der Waals surface area contributed by atoms with Crippen molar-refractivity contribution in [1.82, 2.24) is 4.98 Å². The second-order valence-corrected chi connectivity index (χ2v) is 5.75. The van der Waals surface area contributed by atoms with Gasteiger partial charge >= 0.3 is 0 Å². The van der Waals surface area contributed by atoms with E-state index in [0.717, 1.165) is 30.0 Å². The number of hydrogen-bond acceptors (Lipinski definition) is 2. The number of pyridine rings is 1. The molecule has 0 radical (unpaired) electrons. The van der Waals surface area contributed by atoms with Gasteiger partial charge in [-0.05, 0) is 43.2 Å². The van der Waals surface area contributed by atoms with Crippen LogP contribution in [0.1, 0.15) is 29.3 Å². The van der Waals surface area contributed by atoms with Crippen LogP contribution in [-0.4, -0.2) is 11.5 Å². The predicted octanol–water partition coefficient (Wildman–Crippen LogP) is 5.02. The highest BCUT2D eigenvalue weighted by Crippen LogP contribution is 2.26. The fourth-order valence-electron chi connectivity index (χ4n) is 2.85. The fourth-order valence-corrected chi connectivity index (χ4v) is 2.85. The van der Waals surface area contributed by atoms with Crippen LogP contribution in [0.15, 0.2) is 78.9 Å². The van der Waals surface area contributed by atoms with E-state index in [4.69, 9.17) is 4.98 Å². The fraction of sp³-hybridized carbons (Fsp3) is 0.190. The first-order chi connectivity index (χ1) is 11.3. The Kier molecular flexibility index (Phi) is 5.05. The average Bonchev–Trinajstić information content (AvgIpc) is 2.60. The third-order valence-corrected chi connectivity index (χ3v) is 4.00. The summed E-state index contributed by atoms with van der Waals surface area (Å²) in [4.78, 5) is 4.75. The Morgan fingerprint density at radius 2 is 1.52 bits per heavy atom. The number of nitrogens with one attached hydrogen (secondary N) is 1. The van der Waals surface area contributed by atoms with Gasteiger partial charge in [-0.3, -0.25) is 4.98 Å². The smallest absolute Gasteiger partial charge is 0.0482 e. The number of aromatic nitrogens is 1. The largest absolute Gasteiger partial charge is 0.385 e. The maximum atomic E-state index is 4.75. The van der Waals surface area contributed by atoms with E-state index in [1.807, 2.05) is 19.1 Å². The molecule has 1 aromatic heterocycles. The first-order valence-electron chi connectivity index (χ1n) is 8.10. The van der Waals surface area contributed by atoms with Crippen LogP contribution in [0.3, 0.4) is 0 Å². The molecule has 0 aliphatic heterocycles. The number of aryl methyl sites for hydroxylation is 1. The Morgan fingerprint density at radius 1 is 0.826 bits per heavy atom. The maximum absolute atomic E-state index is 4.75. The summed E-state index contributed by atoms with van der Waals surface area (Å²) in [7, 11) is 0. The Bertz CT molecular complexity index is 723. The van der Waals surface area contributed by atoms with Gasteiger partial charge in [-0.25, -0.2) is 0 Å². The zero-order chi connectivity index (χ0) is 15.9. The van der Waals surface area contributed by atoms with E-state index in [1.165, 1.54) is 5.56 Å². The van der Waals surface area contributed by atoms with Gasteiger partial charge in [0.2, 0.25) is 0 Å². The molecule has 1 atom stereocenters. The van der Waals surface area contributed by atoms with E-state index in [9.17, 15) is 0 Å². The van der Waals surface area contributed by atoms with Crippen LogP contribution in [-0.2, 0) is 0 Å². The Morgan fingerprint density at radius 3 is 2.22 bits per heavy atom. The average molecular weight is 302 g/mol. The maximum Gasteiger partial charge on any atom is 0.0482 e. The number of benzene rings is 2. The molecule has 0 bridgehead atoms. The van der Waals surface area contributed by atoms with E-state index >= 15 is 0 Å². The zero-order valence-corrected chi connectivity index (χ0v) is 13.4. The van der Waals surface area contributed by atoms with Gasteiger partial charge in [-0.15, -0.1) is 0 Å². The van der Waals surface area contributed by atoms with Gasteiger partial charge in [0.15, 0.2) is 0 Å². The number of para-hydroxylation sites is 1. The van der Waals surface area contributed by atoms with Crippen molar-refractivity contribution < 1.29 is 0 Å². The number of hydrogen-bond donors (Lipinski definition) is 1. The monoisotopic (exact) mass is 302 g/mol. The Labute approximate surface area is 138 Å². The van der Waals surface area contributed by atoms with Gasteiger partial charge in [0, 0.05) is 29.5 Å². The quantitative estimate of drug-likeness (QED) is 0.691. The highest BCUT2D eigenvalue weighted by Gasteiger charge is 2.15. The van der Waals surface area contributed by atoms with Crippen molar-refractivity contribution in [3.63, 3.8) is 0 Å². The van der Waals surface area contributed by atoms with Crippen molar-refractivity contribution in [1.29, 1.82) is 0 Å². The van der Waals surface area contributed by atoms with Crippen LogP contribution >= 0.6 is 0 Å². The summed E-state index contributed by atoms with van der Waals surface area (Å²) in [6, 6.07) is 27.3. The minimum absolute atomic E-state index is 0.312. The van der Waals surface area contributed by atoms with Gasteiger partial charge in [0.25, 0.3) is 0 Å². The molecule has 1 N–H and O–H groups in total. The lowest BCUT2D eigenvalue weighted by Gasteiger charge is -2.18. The Hall–Kier alpha value is -2.61. The molecule has 2 nitrogen and oxygen atoms in total. The van der Waals surface area contributed by atoms with Crippen molar-refractivity contribution in [2.45, 2.75) is 19.3 Å². The van der Waals surface area contributed by atoms with E-state index < -0.39 is 0 Å². The van der Waals surface area contributed by atoms with Crippen LogP contribution in [0.5, 0.6) is 0 Å². The molecular formula is C21H22N2. The van der Waals surface area contributed by atoms with Crippen LogP contribution < -0.4 is 5.32 Å². The van der Waals surface area contributed by atoms with E-state index in [2.05, 4.69) is 72.0 Å². The molecule has 116 valence electrons. The lowest BCUT2D eigenvalue weighted by atomic mass is 9.92. The molecule has 0 saturated heterocycles. The summed E-state index contributed by atoms with van der Waals surface area (Å²) in [5, 5.41) is 3.50. The lowest BCUT2D eigenvalue weighted by molar-refractivity contribution is 0.719. The van der Waals surface area contributed by atoms with Gasteiger partial charge in [0.05, 0.1) is 0 Å². The molecule has 1 heterocycles. The normalized spacial score (nSPS) is 11.9. The number of anilines is 1. The molecule has 0 spiro atoms. The number of nitrogens with zero attached hydrogens (tertiary/aromatic N) is 1. The van der Waals surface area contributed by atoms with E-state index in [-0.39, 0.29) is 0 Å². The molecular weight excluding hydrogens is 280 g/mol. The lowest BCUT2D eigenvalue weighted by Crippen LogP contribution is -2.11. The minimum Gasteiger partial charge on any atom is -0.385 e. The molecule has 0 fully saturated rings. The second-order valence-electron chi connectivity index (χ2n) is 5.75. The van der Waals surface area contributed by atoms with Gasteiger partial charge in [-0.2, -0.15) is 0 Å². The van der Waals surface area contributed by atoms with Crippen LogP contribution in [0.4, 0.5) is 5.69 Å². The summed E-state index contributed by atoms with van der Waals surface area (Å²) in [5.74, 6) is 0.312. The zero-order valence-electron chi connectivity index (χ0n) is 13.4. The summed E-state index contributed by atoms with van der Waals surface area (Å²) in [6.45, 7) is 2.97. The Balaban J connectivity index is 1.76. The van der Waals surface area contributed by atoms with Gasteiger partial charge < -0.3 is 5.32 Å². The number of rotatable bonds is 6. The van der Waals surface area contributed by atoms with Gasteiger partial charge in [0.1, 0.15) is 0 Å². The first-order valence-corrected chi connectivity index (χ1v) is 8.10. The molecule has 2 aromatic carbocycles. The summed E-state index contributed by atoms with van der Waals surface area (Å²) in [5.41, 5.74) is 4.70. The molecule has 0 unspecified atom stereocenters. The molecule has 0 amide bonds. The molecule has 23 heavy (non-hydrogen) atoms. The summed E-state index contributed by atoms with van der Waals surface area (Å²) >= 11 is 0. The molecule has 3 rings (SSSR count). The van der Waals surface area contributed by atoms with E-state index in [0.29, 0.717) is 5.92 Å². The third-order valence-electron chi connectivity index (χ3n) is 4.00. The first kappa shape index (κ1) is 15.3. The standard InChI is InChI=1S/C21H22N2/c1-17-9-8-14-21(23-17)20(18-10-4-2-5-11-18)15-16-22-19-12-6-3-7-13-19/h2-14,20,22H,15-16H2,1H3/t20-/m1/s1. The van der Waals surface area contributed by atoms with E-state index in [1.54, 1.807) is 0 Å². The summed E-state index contributed by atoms with van der Waals surface area (Å²) in [6.07, 6.45) is 1.01. The molecule has 2 heteroatoms. The van der Waals surface area contributed by atoms with Crippen LogP contribution in [0.2, 0.25) is 0 Å². The van der Waals surface area contributed by atoms with Crippen molar-refractivity contribution in [3.8, 4) is 0 Å². The molecule has 0 saturated carbocycles. The van der Waals surface area contributed by atoms with Crippen molar-refractivity contribution in [3.05, 3.63) is 95.8 Å². The third kappa shape index (κ3) is 4.19. The predicted molar refractivity (Wildman–Crippen MR) is 96.8 cm³/mol. The highest BCUT2D eigenvalue weighted by atomic mass is 14.9. The summed E-state index contributed by atoms with van der Waals surface area (Å²) < 4.78 is 0. The highest BCUT2D eigenvalue weighted by molar-refractivity contribution is 5.42. The van der Waals surface area contributed by atoms with Crippen LogP contribution in [0, 0.1) is 6.92 Å². The molecule has 0 aliphatic rings. The molecule has 3 aromatic rings. The van der Waals surface area contributed by atoms with Crippen molar-refractivity contribution >= 4 is 5.69 Å². The van der Waals surface area contributed by atoms with Crippen molar-refractivity contribution in [2.75, 3.05) is 11.9 Å². The topological polar surface area (TPSA) is 24.9 Å². The SMILES string of the molecule is Cc1cccc([C@H](CCNc2ccccc2)c2ccccc2)n1. The van der Waals surface area contributed by atoms with Crippen molar-refractivity contribution in [2.24, 2.45) is 0 Å². The minimum atomic E-state index is 0.312. The van der Waals surface area contributed by atoms with Crippen LogP contribution in [0.25, 0.3) is 0 Å². The molecule has 0 aliphatic carbocycles. The second kappa shape index (κ2) is 7.59. The van der Waals surface area contributed by atoms with Gasteiger partial charge in [-0.1, -0.05) is 54.6 Å².